The zero-order valence-corrected chi connectivity index (χ0v) is 24.5. The fourth-order valence-electron chi connectivity index (χ4n) is 6.56. The summed E-state index contributed by atoms with van der Waals surface area (Å²) in [5.41, 5.74) is 3.07. The minimum Gasteiger partial charge on any atom is -0.744 e. The highest BCUT2D eigenvalue weighted by molar-refractivity contribution is 7.86. The highest BCUT2D eigenvalue weighted by atomic mass is 32.2. The third-order valence-electron chi connectivity index (χ3n) is 8.21. The molecule has 3 aliphatic heterocycles. The monoisotopic (exact) mass is 619 g/mol. The quantitative estimate of drug-likeness (QED) is 0.139. The molecule has 0 fully saturated rings. The van der Waals surface area contributed by atoms with E-state index in [-0.39, 0.29) is 5.56 Å². The first kappa shape index (κ1) is 27.7. The SMILES string of the molecule is CC(=O)Oc1ccc2c3c(ccc2c1)C(c1ccc(S(=O)(=O)[O-])cc1S(=O)(=O)O)=c1cc2c4c(c1O3)CCC[N+]=4CCC2. The van der Waals surface area contributed by atoms with Crippen LogP contribution < -0.4 is 24.6 Å². The van der Waals surface area contributed by atoms with Crippen molar-refractivity contribution in [2.24, 2.45) is 0 Å². The van der Waals surface area contributed by atoms with Crippen LogP contribution in [0.4, 0.5) is 0 Å². The van der Waals surface area contributed by atoms with E-state index in [0.717, 1.165) is 61.3 Å². The van der Waals surface area contributed by atoms with Crippen molar-refractivity contribution in [3.63, 3.8) is 0 Å². The molecular formula is C31H25NO9S2. The first-order chi connectivity index (χ1) is 20.4. The number of fused-ring (bicyclic) bond motifs is 5. The molecule has 0 unspecified atom stereocenters. The number of hydrogen-bond acceptors (Lipinski definition) is 8. The van der Waals surface area contributed by atoms with Crippen LogP contribution in [-0.4, -0.2) is 45.0 Å². The van der Waals surface area contributed by atoms with Gasteiger partial charge in [0, 0.05) is 52.6 Å². The topological polar surface area (TPSA) is 150 Å². The molecule has 12 heteroatoms. The molecule has 0 bridgehead atoms. The van der Waals surface area contributed by atoms with Gasteiger partial charge in [-0.1, -0.05) is 12.1 Å². The van der Waals surface area contributed by atoms with Crippen LogP contribution in [0.5, 0.6) is 17.2 Å². The third-order valence-corrected chi connectivity index (χ3v) is 9.93. The van der Waals surface area contributed by atoms with Crippen molar-refractivity contribution in [2.45, 2.75) is 42.4 Å². The van der Waals surface area contributed by atoms with Crippen molar-refractivity contribution in [3.05, 3.63) is 87.4 Å². The minimum absolute atomic E-state index is 0.0345. The highest BCUT2D eigenvalue weighted by Gasteiger charge is 2.33. The Morgan fingerprint density at radius 1 is 0.930 bits per heavy atom. The summed E-state index contributed by atoms with van der Waals surface area (Å²) < 4.78 is 85.5. The number of hydrogen-bond donors (Lipinski definition) is 1. The lowest BCUT2D eigenvalue weighted by Gasteiger charge is -2.27. The summed E-state index contributed by atoms with van der Waals surface area (Å²) in [6.07, 6.45) is 3.42. The average molecular weight is 620 g/mol. The normalized spacial score (nSPS) is 15.8. The maximum absolute atomic E-state index is 12.7. The molecule has 0 saturated carbocycles. The van der Waals surface area contributed by atoms with E-state index in [1.807, 2.05) is 6.07 Å². The first-order valence-electron chi connectivity index (χ1n) is 13.7. The molecule has 10 nitrogen and oxygen atoms in total. The summed E-state index contributed by atoms with van der Waals surface area (Å²) in [6.45, 7) is 3.15. The van der Waals surface area contributed by atoms with E-state index in [4.69, 9.17) is 9.47 Å². The molecule has 7 rings (SSSR count). The predicted octanol–water partition coefficient (Wildman–Crippen LogP) is 2.65. The van der Waals surface area contributed by atoms with Gasteiger partial charge in [-0.05, 0) is 60.7 Å². The number of nitrogens with zero attached hydrogens (tertiary/aromatic N) is 1. The van der Waals surface area contributed by atoms with Gasteiger partial charge in [0.1, 0.15) is 45.4 Å². The van der Waals surface area contributed by atoms with Gasteiger partial charge >= 0.3 is 5.97 Å². The maximum Gasteiger partial charge on any atom is 0.308 e. The molecule has 3 aliphatic rings. The van der Waals surface area contributed by atoms with E-state index in [2.05, 4.69) is 4.58 Å². The number of aryl methyl sites for hydroxylation is 1. The Morgan fingerprint density at radius 3 is 2.40 bits per heavy atom. The molecule has 4 aromatic rings. The maximum atomic E-state index is 12.7. The van der Waals surface area contributed by atoms with Crippen molar-refractivity contribution in [1.29, 1.82) is 0 Å². The zero-order valence-electron chi connectivity index (χ0n) is 22.9. The second-order valence-corrected chi connectivity index (χ2v) is 13.7. The van der Waals surface area contributed by atoms with Gasteiger partial charge in [0.2, 0.25) is 5.36 Å². The van der Waals surface area contributed by atoms with E-state index in [0.29, 0.717) is 50.4 Å². The van der Waals surface area contributed by atoms with Gasteiger partial charge in [-0.15, -0.1) is 0 Å². The number of carbonyl (C=O) groups is 1. The Bertz CT molecular complexity index is 2270. The smallest absolute Gasteiger partial charge is 0.308 e. The number of esters is 1. The molecule has 43 heavy (non-hydrogen) atoms. The van der Waals surface area contributed by atoms with E-state index in [9.17, 15) is 30.7 Å². The Balaban J connectivity index is 1.63. The molecule has 0 radical (unpaired) electrons. The predicted molar refractivity (Wildman–Crippen MR) is 154 cm³/mol. The molecule has 0 aromatic heterocycles. The van der Waals surface area contributed by atoms with Gasteiger partial charge in [-0.3, -0.25) is 9.35 Å². The molecule has 0 saturated heterocycles. The van der Waals surface area contributed by atoms with Crippen molar-refractivity contribution < 1.29 is 40.2 Å². The second-order valence-electron chi connectivity index (χ2n) is 10.9. The van der Waals surface area contributed by atoms with Crippen LogP contribution in [0.3, 0.4) is 0 Å². The standard InChI is InChI=1S/C31H25NO9S2/c1-17(33)40-20-7-10-22-18(14-20)6-9-24-28(23-11-8-21(42(34,35)36)16-27(23)43(37,38)39)26-15-19-4-2-12-32-13-3-5-25(29(19)32)31(26)41-30(22)24/h6-11,14-16H,2-5,12-13H2,1H3,(H-,34,35,36,37,38,39). The average Bonchev–Trinajstić information content (AvgIpc) is 2.95. The van der Waals surface area contributed by atoms with Gasteiger partial charge < -0.3 is 14.0 Å². The highest BCUT2D eigenvalue weighted by Crippen LogP contribution is 2.44. The Kier molecular flexibility index (Phi) is 6.26. The van der Waals surface area contributed by atoms with Gasteiger partial charge in [0.15, 0.2) is 0 Å². The molecule has 0 spiro atoms. The van der Waals surface area contributed by atoms with Crippen LogP contribution in [0.25, 0.3) is 16.3 Å². The number of carbonyl (C=O) groups excluding carboxylic acids is 1. The molecule has 0 aliphatic carbocycles. The second kappa shape index (κ2) is 9.71. The summed E-state index contributed by atoms with van der Waals surface area (Å²) >= 11 is 0. The van der Waals surface area contributed by atoms with E-state index >= 15 is 0 Å². The molecule has 0 amide bonds. The van der Waals surface area contributed by atoms with E-state index < -0.39 is 36.0 Å². The molecule has 3 heterocycles. The Labute approximate surface area is 247 Å². The van der Waals surface area contributed by atoms with Gasteiger partial charge in [-0.2, -0.15) is 8.42 Å². The fraction of sp³-hybridized carbons (Fsp3) is 0.226. The van der Waals surface area contributed by atoms with Crippen LogP contribution in [0.2, 0.25) is 0 Å². The van der Waals surface area contributed by atoms with Crippen molar-refractivity contribution in [1.82, 2.24) is 4.58 Å². The van der Waals surface area contributed by atoms with Crippen molar-refractivity contribution in [2.75, 3.05) is 13.1 Å². The number of ether oxygens (including phenoxy) is 2. The summed E-state index contributed by atoms with van der Waals surface area (Å²) in [7, 11) is -10.0. The third kappa shape index (κ3) is 4.61. The zero-order chi connectivity index (χ0) is 30.3. The molecular weight excluding hydrogens is 594 g/mol. The molecule has 1 N–H and O–H groups in total. The number of rotatable bonds is 4. The summed E-state index contributed by atoms with van der Waals surface area (Å²) in [6, 6.07) is 13.6. The summed E-state index contributed by atoms with van der Waals surface area (Å²) in [4.78, 5) is 10.1. The Morgan fingerprint density at radius 2 is 1.67 bits per heavy atom. The van der Waals surface area contributed by atoms with E-state index in [1.54, 1.807) is 30.3 Å². The minimum atomic E-state index is -5.02. The van der Waals surface area contributed by atoms with Crippen LogP contribution in [-0.2, 0) is 37.9 Å². The molecule has 0 atom stereocenters. The van der Waals surface area contributed by atoms with Gasteiger partial charge in [0.05, 0.1) is 10.5 Å². The van der Waals surface area contributed by atoms with Gasteiger partial charge in [-0.25, -0.2) is 13.0 Å². The largest absolute Gasteiger partial charge is 0.744 e. The lowest BCUT2D eigenvalue weighted by molar-refractivity contribution is -0.131. The van der Waals surface area contributed by atoms with Crippen molar-refractivity contribution in [3.8, 4) is 17.2 Å². The molecule has 4 aromatic carbocycles. The summed E-state index contributed by atoms with van der Waals surface area (Å²) in [5, 5.41) is 3.11. The lowest BCUT2D eigenvalue weighted by Crippen LogP contribution is -2.45. The van der Waals surface area contributed by atoms with Crippen LogP contribution in [0, 0.1) is 0 Å². The lowest BCUT2D eigenvalue weighted by atomic mass is 9.86. The first-order valence-corrected chi connectivity index (χ1v) is 16.6. The fourth-order valence-corrected chi connectivity index (χ4v) is 7.86. The van der Waals surface area contributed by atoms with Crippen LogP contribution >= 0.6 is 0 Å². The van der Waals surface area contributed by atoms with Crippen LogP contribution in [0.1, 0.15) is 42.0 Å². The van der Waals surface area contributed by atoms with Gasteiger partial charge in [0.25, 0.3) is 10.1 Å². The number of benzene rings is 4. The van der Waals surface area contributed by atoms with Crippen molar-refractivity contribution >= 4 is 42.6 Å². The Hall–Kier alpha value is -4.10. The molecule has 220 valence electrons. The van der Waals surface area contributed by atoms with Crippen LogP contribution in [0.15, 0.2) is 64.4 Å². The summed E-state index contributed by atoms with van der Waals surface area (Å²) in [5.74, 6) is 0.877. The van der Waals surface area contributed by atoms with E-state index in [1.165, 1.54) is 13.0 Å².